The molecule has 1 N–H and O–H groups in total. The van der Waals surface area contributed by atoms with Gasteiger partial charge < -0.3 is 5.32 Å². The minimum Gasteiger partial charge on any atom is -0.365 e. The fourth-order valence-corrected chi connectivity index (χ4v) is 3.03. The van der Waals surface area contributed by atoms with E-state index in [1.807, 2.05) is 7.05 Å². The van der Waals surface area contributed by atoms with Crippen molar-refractivity contribution in [3.05, 3.63) is 46.3 Å². The van der Waals surface area contributed by atoms with Gasteiger partial charge in [-0.15, -0.1) is 0 Å². The highest BCUT2D eigenvalue weighted by Gasteiger charge is 2.13. The van der Waals surface area contributed by atoms with Crippen LogP contribution in [0.3, 0.4) is 0 Å². The van der Waals surface area contributed by atoms with Crippen LogP contribution >= 0.6 is 15.9 Å². The van der Waals surface area contributed by atoms with E-state index in [0.29, 0.717) is 0 Å². The van der Waals surface area contributed by atoms with Gasteiger partial charge in [0, 0.05) is 13.6 Å². The Kier molecular flexibility index (Phi) is 3.88. The SMILES string of the molecule is CCc1ccccc1CNc1ncnc2c1c(Br)nn2C. The normalized spacial score (nSPS) is 11.0. The van der Waals surface area contributed by atoms with Gasteiger partial charge in [-0.25, -0.2) is 14.6 Å². The second-order valence-electron chi connectivity index (χ2n) is 4.81. The Labute approximate surface area is 131 Å². The molecule has 0 aliphatic heterocycles. The van der Waals surface area contributed by atoms with Crippen LogP contribution in [-0.2, 0) is 20.0 Å². The number of nitrogens with zero attached hydrogens (tertiary/aromatic N) is 4. The maximum atomic E-state index is 4.35. The van der Waals surface area contributed by atoms with E-state index in [4.69, 9.17) is 0 Å². The summed E-state index contributed by atoms with van der Waals surface area (Å²) in [5, 5.41) is 8.64. The number of hydrogen-bond acceptors (Lipinski definition) is 4. The highest BCUT2D eigenvalue weighted by molar-refractivity contribution is 9.10. The first-order valence-corrected chi connectivity index (χ1v) is 7.64. The van der Waals surface area contributed by atoms with Crippen molar-refractivity contribution in [1.29, 1.82) is 0 Å². The third kappa shape index (κ3) is 2.63. The van der Waals surface area contributed by atoms with Crippen LogP contribution in [-0.4, -0.2) is 19.7 Å². The molecule has 0 bridgehead atoms. The van der Waals surface area contributed by atoms with Gasteiger partial charge in [-0.05, 0) is 33.5 Å². The summed E-state index contributed by atoms with van der Waals surface area (Å²) in [6.07, 6.45) is 2.58. The van der Waals surface area contributed by atoms with Crippen LogP contribution in [0.25, 0.3) is 11.0 Å². The highest BCUT2D eigenvalue weighted by atomic mass is 79.9. The second kappa shape index (κ2) is 5.81. The molecule has 0 aliphatic rings. The third-order valence-electron chi connectivity index (χ3n) is 3.52. The molecule has 0 amide bonds. The van der Waals surface area contributed by atoms with Crippen LogP contribution in [0.4, 0.5) is 5.82 Å². The van der Waals surface area contributed by atoms with Crippen molar-refractivity contribution in [2.45, 2.75) is 19.9 Å². The summed E-state index contributed by atoms with van der Waals surface area (Å²) in [6.45, 7) is 2.90. The summed E-state index contributed by atoms with van der Waals surface area (Å²) in [6, 6.07) is 8.43. The van der Waals surface area contributed by atoms with Gasteiger partial charge in [-0.1, -0.05) is 31.2 Å². The first kappa shape index (κ1) is 14.0. The van der Waals surface area contributed by atoms with Crippen molar-refractivity contribution in [2.75, 3.05) is 5.32 Å². The number of fused-ring (bicyclic) bond motifs is 1. The fourth-order valence-electron chi connectivity index (χ4n) is 2.43. The first-order valence-electron chi connectivity index (χ1n) is 6.84. The molecule has 0 spiro atoms. The van der Waals surface area contributed by atoms with E-state index in [0.717, 1.165) is 34.4 Å². The average molecular weight is 346 g/mol. The lowest BCUT2D eigenvalue weighted by atomic mass is 10.1. The van der Waals surface area contributed by atoms with E-state index in [2.05, 4.69) is 67.5 Å². The van der Waals surface area contributed by atoms with Crippen LogP contribution in [0, 0.1) is 0 Å². The van der Waals surface area contributed by atoms with Gasteiger partial charge in [0.15, 0.2) is 5.65 Å². The molecule has 0 saturated heterocycles. The Morgan fingerprint density at radius 1 is 1.19 bits per heavy atom. The molecule has 1 aromatic carbocycles. The van der Waals surface area contributed by atoms with Gasteiger partial charge in [0.25, 0.3) is 0 Å². The molecule has 6 heteroatoms. The quantitative estimate of drug-likeness (QED) is 0.788. The number of halogens is 1. The Morgan fingerprint density at radius 3 is 2.71 bits per heavy atom. The Balaban J connectivity index is 1.92. The molecule has 108 valence electrons. The summed E-state index contributed by atoms with van der Waals surface area (Å²) >= 11 is 3.47. The van der Waals surface area contributed by atoms with Crippen molar-refractivity contribution in [3.8, 4) is 0 Å². The summed E-state index contributed by atoms with van der Waals surface area (Å²) in [5.74, 6) is 0.797. The summed E-state index contributed by atoms with van der Waals surface area (Å²) in [7, 11) is 1.87. The lowest BCUT2D eigenvalue weighted by molar-refractivity contribution is 0.777. The zero-order valence-electron chi connectivity index (χ0n) is 12.0. The largest absolute Gasteiger partial charge is 0.365 e. The van der Waals surface area contributed by atoms with Crippen LogP contribution < -0.4 is 5.32 Å². The molecule has 5 nitrogen and oxygen atoms in total. The molecule has 0 atom stereocenters. The minimum absolute atomic E-state index is 0.734. The van der Waals surface area contributed by atoms with E-state index in [1.165, 1.54) is 11.1 Å². The predicted molar refractivity (Wildman–Crippen MR) is 87.2 cm³/mol. The Hall–Kier alpha value is -1.95. The molecule has 2 aromatic heterocycles. The van der Waals surface area contributed by atoms with Gasteiger partial charge in [-0.3, -0.25) is 0 Å². The molecule has 3 aromatic rings. The van der Waals surface area contributed by atoms with Crippen LogP contribution in [0.1, 0.15) is 18.1 Å². The number of aromatic nitrogens is 4. The molecule has 0 radical (unpaired) electrons. The van der Waals surface area contributed by atoms with Gasteiger partial charge >= 0.3 is 0 Å². The van der Waals surface area contributed by atoms with Crippen molar-refractivity contribution in [1.82, 2.24) is 19.7 Å². The molecule has 0 unspecified atom stereocenters. The highest BCUT2D eigenvalue weighted by Crippen LogP contribution is 2.27. The average Bonchev–Trinajstić information content (AvgIpc) is 2.81. The van der Waals surface area contributed by atoms with Crippen molar-refractivity contribution in [3.63, 3.8) is 0 Å². The van der Waals surface area contributed by atoms with E-state index in [1.54, 1.807) is 11.0 Å². The number of rotatable bonds is 4. The van der Waals surface area contributed by atoms with Gasteiger partial charge in [0.2, 0.25) is 0 Å². The smallest absolute Gasteiger partial charge is 0.164 e. The lowest BCUT2D eigenvalue weighted by Gasteiger charge is -2.10. The zero-order valence-corrected chi connectivity index (χ0v) is 13.6. The fraction of sp³-hybridized carbons (Fsp3) is 0.267. The zero-order chi connectivity index (χ0) is 14.8. The number of hydrogen-bond donors (Lipinski definition) is 1. The van der Waals surface area contributed by atoms with Crippen molar-refractivity contribution in [2.24, 2.45) is 7.05 Å². The molecule has 0 aliphatic carbocycles. The summed E-state index contributed by atoms with van der Waals surface area (Å²) in [5.41, 5.74) is 3.44. The van der Waals surface area contributed by atoms with Crippen LogP contribution in [0.15, 0.2) is 35.2 Å². The van der Waals surface area contributed by atoms with Crippen LogP contribution in [0.5, 0.6) is 0 Å². The first-order chi connectivity index (χ1) is 10.2. The van der Waals surface area contributed by atoms with Gasteiger partial charge in [0.1, 0.15) is 16.7 Å². The van der Waals surface area contributed by atoms with Crippen molar-refractivity contribution < 1.29 is 0 Å². The molecule has 3 rings (SSSR count). The number of aryl methyl sites for hydroxylation is 2. The van der Waals surface area contributed by atoms with E-state index < -0.39 is 0 Å². The monoisotopic (exact) mass is 345 g/mol. The number of benzene rings is 1. The van der Waals surface area contributed by atoms with E-state index in [-0.39, 0.29) is 0 Å². The van der Waals surface area contributed by atoms with Gasteiger partial charge in [-0.2, -0.15) is 5.10 Å². The van der Waals surface area contributed by atoms with Gasteiger partial charge in [0.05, 0.1) is 5.39 Å². The molecule has 2 heterocycles. The number of anilines is 1. The van der Waals surface area contributed by atoms with Crippen molar-refractivity contribution >= 4 is 32.8 Å². The topological polar surface area (TPSA) is 55.6 Å². The molecule has 21 heavy (non-hydrogen) atoms. The Morgan fingerprint density at radius 2 is 1.95 bits per heavy atom. The number of nitrogens with one attached hydrogen (secondary N) is 1. The maximum absolute atomic E-state index is 4.35. The molecule has 0 fully saturated rings. The Bertz CT molecular complexity index is 781. The minimum atomic E-state index is 0.734. The van der Waals surface area contributed by atoms with E-state index >= 15 is 0 Å². The molecular weight excluding hydrogens is 330 g/mol. The summed E-state index contributed by atoms with van der Waals surface area (Å²) in [4.78, 5) is 8.62. The summed E-state index contributed by atoms with van der Waals surface area (Å²) < 4.78 is 2.50. The van der Waals surface area contributed by atoms with Crippen LogP contribution in [0.2, 0.25) is 0 Å². The molecular formula is C15H16BrN5. The predicted octanol–water partition coefficient (Wildman–Crippen LogP) is 3.30. The third-order valence-corrected chi connectivity index (χ3v) is 4.08. The second-order valence-corrected chi connectivity index (χ2v) is 5.56. The molecule has 0 saturated carbocycles. The lowest BCUT2D eigenvalue weighted by Crippen LogP contribution is -2.05. The maximum Gasteiger partial charge on any atom is 0.164 e. The van der Waals surface area contributed by atoms with E-state index in [9.17, 15) is 0 Å². The standard InChI is InChI=1S/C15H16BrN5/c1-3-10-6-4-5-7-11(10)8-17-14-12-13(16)20-21(2)15(12)19-9-18-14/h4-7,9H,3,8H2,1-2H3,(H,17,18,19).